The number of carbonyl (C=O) groups is 1. The Kier molecular flexibility index (Phi) is 5.21. The molecule has 1 saturated heterocycles. The minimum atomic E-state index is -1.10. The van der Waals surface area contributed by atoms with Crippen molar-refractivity contribution < 1.29 is 9.53 Å². The summed E-state index contributed by atoms with van der Waals surface area (Å²) in [5.74, 6) is -0.384. The van der Waals surface area contributed by atoms with Gasteiger partial charge in [-0.05, 0) is 24.3 Å². The summed E-state index contributed by atoms with van der Waals surface area (Å²) in [6.45, 7) is 2.06. The molecule has 1 aromatic rings. The standard InChI is InChI=1S/C16H22ClN7O2/c17-11-1-3-12(4-2-11)26-10-14(25)23-5-7-24(8-6-23)16(20)13(18)9-21-15(19)22-16/h1-4,9H,5-8,10,18,20H2,(H3,19,21,22). The summed E-state index contributed by atoms with van der Waals surface area (Å²) in [6.07, 6.45) is 1.45. The molecule has 7 N–H and O–H groups in total. The van der Waals surface area contributed by atoms with E-state index < -0.39 is 5.79 Å². The van der Waals surface area contributed by atoms with E-state index in [0.29, 0.717) is 42.6 Å². The molecule has 1 amide bonds. The molecule has 1 unspecified atom stereocenters. The van der Waals surface area contributed by atoms with Gasteiger partial charge in [-0.3, -0.25) is 15.4 Å². The van der Waals surface area contributed by atoms with Crippen molar-refractivity contribution in [3.63, 3.8) is 0 Å². The molecule has 0 aromatic heterocycles. The zero-order chi connectivity index (χ0) is 18.7. The molecule has 0 spiro atoms. The highest BCUT2D eigenvalue weighted by Gasteiger charge is 2.40. The van der Waals surface area contributed by atoms with Gasteiger partial charge in [0.25, 0.3) is 5.91 Å². The molecule has 2 aliphatic rings. The topological polar surface area (TPSA) is 135 Å². The van der Waals surface area contributed by atoms with E-state index in [4.69, 9.17) is 33.5 Å². The van der Waals surface area contributed by atoms with E-state index in [0.717, 1.165) is 0 Å². The summed E-state index contributed by atoms with van der Waals surface area (Å²) in [4.78, 5) is 19.9. The molecular formula is C16H22ClN7O2. The van der Waals surface area contributed by atoms with Crippen LogP contribution in [0.15, 0.2) is 41.2 Å². The van der Waals surface area contributed by atoms with Gasteiger partial charge < -0.3 is 26.4 Å². The molecule has 140 valence electrons. The van der Waals surface area contributed by atoms with Crippen molar-refractivity contribution in [2.75, 3.05) is 32.8 Å². The van der Waals surface area contributed by atoms with Gasteiger partial charge in [0.05, 0.1) is 11.9 Å². The van der Waals surface area contributed by atoms with E-state index >= 15 is 0 Å². The quantitative estimate of drug-likeness (QED) is 0.537. The number of amides is 1. The Morgan fingerprint density at radius 1 is 1.23 bits per heavy atom. The Morgan fingerprint density at radius 2 is 1.88 bits per heavy atom. The molecule has 2 aliphatic heterocycles. The smallest absolute Gasteiger partial charge is 0.260 e. The maximum absolute atomic E-state index is 12.4. The molecule has 1 aromatic carbocycles. The van der Waals surface area contributed by atoms with Crippen LogP contribution in [0.25, 0.3) is 0 Å². The van der Waals surface area contributed by atoms with Crippen LogP contribution in [0.5, 0.6) is 5.75 Å². The minimum absolute atomic E-state index is 0.0324. The third-order valence-electron chi connectivity index (χ3n) is 4.41. The van der Waals surface area contributed by atoms with Crippen molar-refractivity contribution in [2.24, 2.45) is 22.2 Å². The van der Waals surface area contributed by atoms with Crippen molar-refractivity contribution >= 4 is 23.5 Å². The van der Waals surface area contributed by atoms with Gasteiger partial charge in [0, 0.05) is 31.2 Å². The summed E-state index contributed by atoms with van der Waals surface area (Å²) in [7, 11) is 0. The highest BCUT2D eigenvalue weighted by Crippen LogP contribution is 2.18. The third kappa shape index (κ3) is 3.85. The fraction of sp³-hybridized carbons (Fsp3) is 0.375. The first-order chi connectivity index (χ1) is 12.4. The lowest BCUT2D eigenvalue weighted by atomic mass is 10.1. The van der Waals surface area contributed by atoms with Gasteiger partial charge in [-0.15, -0.1) is 0 Å². The van der Waals surface area contributed by atoms with Crippen LogP contribution >= 0.6 is 11.6 Å². The van der Waals surface area contributed by atoms with Gasteiger partial charge in [0.2, 0.25) is 0 Å². The number of benzene rings is 1. The number of guanidine groups is 1. The molecule has 0 radical (unpaired) electrons. The number of nitrogens with zero attached hydrogens (tertiary/aromatic N) is 3. The third-order valence-corrected chi connectivity index (χ3v) is 4.66. The molecule has 3 rings (SSSR count). The number of hydrogen-bond donors (Lipinski definition) is 4. The first kappa shape index (κ1) is 18.3. The van der Waals surface area contributed by atoms with Crippen LogP contribution in [0.2, 0.25) is 5.02 Å². The number of nitrogens with one attached hydrogen (secondary N) is 1. The zero-order valence-corrected chi connectivity index (χ0v) is 14.9. The number of hydrogen-bond acceptors (Lipinski definition) is 8. The van der Waals surface area contributed by atoms with Crippen LogP contribution in [-0.2, 0) is 4.79 Å². The highest BCUT2D eigenvalue weighted by molar-refractivity contribution is 6.30. The Bertz CT molecular complexity index is 729. The van der Waals surface area contributed by atoms with Crippen LogP contribution in [0.1, 0.15) is 0 Å². The SMILES string of the molecule is NC1=CN=C(N)NC1(N)N1CCN(C(=O)COc2ccc(Cl)cc2)CC1. The lowest BCUT2D eigenvalue weighted by Gasteiger charge is -2.46. The first-order valence-corrected chi connectivity index (χ1v) is 8.54. The fourth-order valence-corrected chi connectivity index (χ4v) is 3.00. The maximum atomic E-state index is 12.4. The highest BCUT2D eigenvalue weighted by atomic mass is 35.5. The molecule has 9 nitrogen and oxygen atoms in total. The van der Waals surface area contributed by atoms with Gasteiger partial charge >= 0.3 is 0 Å². The molecule has 1 atom stereocenters. The van der Waals surface area contributed by atoms with Crippen molar-refractivity contribution in [3.05, 3.63) is 41.2 Å². The van der Waals surface area contributed by atoms with Crippen molar-refractivity contribution in [2.45, 2.75) is 5.79 Å². The Hall–Kier alpha value is -2.49. The van der Waals surface area contributed by atoms with Gasteiger partial charge in [-0.25, -0.2) is 4.99 Å². The molecule has 1 fully saturated rings. The monoisotopic (exact) mass is 379 g/mol. The summed E-state index contributed by atoms with van der Waals surface area (Å²) in [5, 5.41) is 3.52. The Balaban J connectivity index is 1.52. The van der Waals surface area contributed by atoms with Crippen molar-refractivity contribution in [3.8, 4) is 5.75 Å². The number of halogens is 1. The van der Waals surface area contributed by atoms with E-state index in [-0.39, 0.29) is 18.5 Å². The lowest BCUT2D eigenvalue weighted by molar-refractivity contribution is -0.136. The van der Waals surface area contributed by atoms with Crippen molar-refractivity contribution in [1.82, 2.24) is 15.1 Å². The number of carbonyl (C=O) groups excluding carboxylic acids is 1. The normalized spacial score (nSPS) is 23.7. The first-order valence-electron chi connectivity index (χ1n) is 8.16. The zero-order valence-electron chi connectivity index (χ0n) is 14.2. The molecule has 10 heteroatoms. The average molecular weight is 380 g/mol. The number of rotatable bonds is 4. The average Bonchev–Trinajstić information content (AvgIpc) is 2.64. The van der Waals surface area contributed by atoms with E-state index in [1.165, 1.54) is 6.20 Å². The molecule has 0 bridgehead atoms. The number of ether oxygens (including phenoxy) is 1. The van der Waals surface area contributed by atoms with E-state index in [2.05, 4.69) is 10.3 Å². The summed E-state index contributed by atoms with van der Waals surface area (Å²) < 4.78 is 5.51. The molecule has 26 heavy (non-hydrogen) atoms. The van der Waals surface area contributed by atoms with Crippen molar-refractivity contribution in [1.29, 1.82) is 0 Å². The van der Waals surface area contributed by atoms with Gasteiger partial charge in [0.15, 0.2) is 18.4 Å². The van der Waals surface area contributed by atoms with E-state index in [1.54, 1.807) is 29.2 Å². The van der Waals surface area contributed by atoms with Crippen LogP contribution in [0.4, 0.5) is 0 Å². The van der Waals surface area contributed by atoms with Crippen LogP contribution in [0.3, 0.4) is 0 Å². The van der Waals surface area contributed by atoms with E-state index in [1.807, 2.05) is 4.90 Å². The molecule has 0 saturated carbocycles. The van der Waals surface area contributed by atoms with Gasteiger partial charge in [-0.2, -0.15) is 0 Å². The van der Waals surface area contributed by atoms with E-state index in [9.17, 15) is 4.79 Å². The second-order valence-corrected chi connectivity index (χ2v) is 6.54. The Morgan fingerprint density at radius 3 is 2.54 bits per heavy atom. The van der Waals surface area contributed by atoms with Crippen LogP contribution in [-0.4, -0.2) is 60.2 Å². The summed E-state index contributed by atoms with van der Waals surface area (Å²) >= 11 is 5.83. The second-order valence-electron chi connectivity index (χ2n) is 6.10. The molecule has 2 heterocycles. The Labute approximate surface area is 156 Å². The molecular weight excluding hydrogens is 358 g/mol. The second kappa shape index (κ2) is 7.40. The predicted octanol–water partition coefficient (Wildman–Crippen LogP) is -0.806. The minimum Gasteiger partial charge on any atom is -0.484 e. The van der Waals surface area contributed by atoms with Gasteiger partial charge in [-0.1, -0.05) is 11.6 Å². The summed E-state index contributed by atoms with van der Waals surface area (Å²) in [6, 6.07) is 6.87. The lowest BCUT2D eigenvalue weighted by Crippen LogP contribution is -2.73. The maximum Gasteiger partial charge on any atom is 0.260 e. The number of nitrogens with two attached hydrogens (primary N) is 3. The number of aliphatic imine (C=N–C) groups is 1. The number of piperazine rings is 1. The van der Waals surface area contributed by atoms with Gasteiger partial charge in [0.1, 0.15) is 5.75 Å². The van der Waals surface area contributed by atoms with Crippen LogP contribution in [0, 0.1) is 0 Å². The van der Waals surface area contributed by atoms with Crippen LogP contribution < -0.4 is 27.3 Å². The molecule has 0 aliphatic carbocycles. The fourth-order valence-electron chi connectivity index (χ4n) is 2.87. The predicted molar refractivity (Wildman–Crippen MR) is 99.0 cm³/mol. The summed E-state index contributed by atoms with van der Waals surface area (Å²) in [5.41, 5.74) is 18.4. The largest absolute Gasteiger partial charge is 0.484 e.